The zero-order chi connectivity index (χ0) is 17.9. The molecule has 2 saturated heterocycles. The fourth-order valence-electron chi connectivity index (χ4n) is 3.69. The lowest BCUT2D eigenvalue weighted by Crippen LogP contribution is -2.49. The molecule has 2 fully saturated rings. The molecule has 3 heterocycles. The number of aliphatic hydroxyl groups is 1. The van der Waals surface area contributed by atoms with Crippen LogP contribution >= 0.6 is 0 Å². The Morgan fingerprint density at radius 3 is 2.60 bits per heavy atom. The van der Waals surface area contributed by atoms with E-state index in [1.807, 2.05) is 4.90 Å². The fraction of sp³-hybridized carbons (Fsp3) is 0.765. The Morgan fingerprint density at radius 2 is 1.92 bits per heavy atom. The molecular weight excluding hydrogens is 333 g/mol. The molecule has 1 atom stereocenters. The van der Waals surface area contributed by atoms with Crippen molar-refractivity contribution in [3.63, 3.8) is 0 Å². The van der Waals surface area contributed by atoms with Gasteiger partial charge in [-0.2, -0.15) is 13.2 Å². The summed E-state index contributed by atoms with van der Waals surface area (Å²) in [4.78, 5) is 13.0. The lowest BCUT2D eigenvalue weighted by atomic mass is 9.99. The largest absolute Gasteiger partial charge is 0.392 e. The van der Waals surface area contributed by atoms with Crippen LogP contribution in [0.2, 0.25) is 0 Å². The van der Waals surface area contributed by atoms with E-state index in [4.69, 9.17) is 0 Å². The minimum atomic E-state index is -4.16. The molecule has 0 aromatic carbocycles. The summed E-state index contributed by atoms with van der Waals surface area (Å²) in [5, 5.41) is 9.83. The molecule has 2 aliphatic heterocycles. The SMILES string of the molecule is OC1CCCN(C2CCN(c3nccc(CCC(F)(F)F)n3)CC2)C1. The van der Waals surface area contributed by atoms with Crippen LogP contribution in [0.25, 0.3) is 0 Å². The van der Waals surface area contributed by atoms with Crippen molar-refractivity contribution < 1.29 is 18.3 Å². The second kappa shape index (κ2) is 7.86. The zero-order valence-electron chi connectivity index (χ0n) is 14.3. The number of aryl methyl sites for hydroxylation is 1. The van der Waals surface area contributed by atoms with E-state index in [0.717, 1.165) is 51.9 Å². The maximum absolute atomic E-state index is 12.4. The van der Waals surface area contributed by atoms with Gasteiger partial charge in [-0.3, -0.25) is 4.90 Å². The van der Waals surface area contributed by atoms with Gasteiger partial charge in [0.1, 0.15) is 0 Å². The Labute approximate surface area is 145 Å². The van der Waals surface area contributed by atoms with Crippen LogP contribution in [0.4, 0.5) is 19.1 Å². The molecule has 5 nitrogen and oxygen atoms in total. The van der Waals surface area contributed by atoms with Crippen LogP contribution in [-0.2, 0) is 6.42 Å². The lowest BCUT2D eigenvalue weighted by Gasteiger charge is -2.41. The molecule has 0 saturated carbocycles. The Kier molecular flexibility index (Phi) is 5.78. The van der Waals surface area contributed by atoms with Crippen LogP contribution in [0.3, 0.4) is 0 Å². The first-order valence-electron chi connectivity index (χ1n) is 8.96. The minimum Gasteiger partial charge on any atom is -0.392 e. The lowest BCUT2D eigenvalue weighted by molar-refractivity contribution is -0.134. The summed E-state index contributed by atoms with van der Waals surface area (Å²) in [6, 6.07) is 2.01. The van der Waals surface area contributed by atoms with Crippen LogP contribution in [0.1, 0.15) is 37.8 Å². The van der Waals surface area contributed by atoms with Gasteiger partial charge in [0, 0.05) is 44.0 Å². The summed E-state index contributed by atoms with van der Waals surface area (Å²) >= 11 is 0. The number of piperidine rings is 2. The molecule has 0 amide bonds. The van der Waals surface area contributed by atoms with Gasteiger partial charge in [-0.15, -0.1) is 0 Å². The number of halogens is 3. The molecular formula is C17H25F3N4O. The van der Waals surface area contributed by atoms with E-state index in [0.29, 0.717) is 17.7 Å². The van der Waals surface area contributed by atoms with Gasteiger partial charge in [0.15, 0.2) is 0 Å². The summed E-state index contributed by atoms with van der Waals surface area (Å²) < 4.78 is 37.1. The molecule has 140 valence electrons. The van der Waals surface area contributed by atoms with Crippen molar-refractivity contribution in [3.8, 4) is 0 Å². The average molecular weight is 358 g/mol. The van der Waals surface area contributed by atoms with Crippen molar-refractivity contribution in [3.05, 3.63) is 18.0 Å². The van der Waals surface area contributed by atoms with Crippen LogP contribution in [-0.4, -0.2) is 64.5 Å². The molecule has 1 unspecified atom stereocenters. The van der Waals surface area contributed by atoms with E-state index in [-0.39, 0.29) is 12.5 Å². The van der Waals surface area contributed by atoms with Crippen molar-refractivity contribution in [2.24, 2.45) is 0 Å². The summed E-state index contributed by atoms with van der Waals surface area (Å²) in [5.41, 5.74) is 0.434. The molecule has 1 N–H and O–H groups in total. The number of nitrogens with zero attached hydrogens (tertiary/aromatic N) is 4. The molecule has 1 aromatic heterocycles. The number of anilines is 1. The van der Waals surface area contributed by atoms with Crippen LogP contribution in [0, 0.1) is 0 Å². The van der Waals surface area contributed by atoms with Gasteiger partial charge in [-0.25, -0.2) is 9.97 Å². The molecule has 25 heavy (non-hydrogen) atoms. The van der Waals surface area contributed by atoms with E-state index in [9.17, 15) is 18.3 Å². The van der Waals surface area contributed by atoms with Gasteiger partial charge in [-0.1, -0.05) is 0 Å². The van der Waals surface area contributed by atoms with E-state index in [1.54, 1.807) is 12.3 Å². The van der Waals surface area contributed by atoms with E-state index >= 15 is 0 Å². The summed E-state index contributed by atoms with van der Waals surface area (Å²) in [6.07, 6.45) is 0.0271. The van der Waals surface area contributed by atoms with Crippen molar-refractivity contribution in [2.45, 2.75) is 56.8 Å². The minimum absolute atomic E-state index is 0.110. The van der Waals surface area contributed by atoms with Gasteiger partial charge in [-0.05, 0) is 44.7 Å². The topological polar surface area (TPSA) is 52.5 Å². The first-order valence-corrected chi connectivity index (χ1v) is 8.96. The number of β-amino-alcohol motifs (C(OH)–C–C–N with tert-alkyl or cyclic N) is 1. The number of likely N-dealkylation sites (tertiary alicyclic amines) is 1. The molecule has 0 radical (unpaired) electrons. The molecule has 1 aromatic rings. The number of hydrogen-bond acceptors (Lipinski definition) is 5. The number of aromatic nitrogens is 2. The van der Waals surface area contributed by atoms with Gasteiger partial charge in [0.25, 0.3) is 0 Å². The fourth-order valence-corrected chi connectivity index (χ4v) is 3.69. The number of alkyl halides is 3. The van der Waals surface area contributed by atoms with Crippen molar-refractivity contribution in [2.75, 3.05) is 31.1 Å². The van der Waals surface area contributed by atoms with E-state index in [2.05, 4.69) is 14.9 Å². The first-order chi connectivity index (χ1) is 11.9. The second-order valence-corrected chi connectivity index (χ2v) is 6.97. The normalized spacial score (nSPS) is 23.8. The Bertz CT molecular complexity index is 561. The van der Waals surface area contributed by atoms with Crippen molar-refractivity contribution >= 4 is 5.95 Å². The molecule has 0 aliphatic carbocycles. The standard InChI is InChI=1S/C17H25F3N4O/c18-17(19,20)7-3-13-4-8-21-16(22-13)23-10-5-14(6-11-23)24-9-1-2-15(25)12-24/h4,8,14-15,25H,1-3,5-7,9-12H2. The highest BCUT2D eigenvalue weighted by Crippen LogP contribution is 2.24. The smallest absolute Gasteiger partial charge is 0.389 e. The van der Waals surface area contributed by atoms with Gasteiger partial charge < -0.3 is 10.0 Å². The second-order valence-electron chi connectivity index (χ2n) is 6.97. The molecule has 3 rings (SSSR count). The highest BCUT2D eigenvalue weighted by Gasteiger charge is 2.29. The maximum Gasteiger partial charge on any atom is 0.389 e. The van der Waals surface area contributed by atoms with Gasteiger partial charge in [0.05, 0.1) is 6.10 Å². The number of aliphatic hydroxyl groups excluding tert-OH is 1. The third kappa shape index (κ3) is 5.28. The number of hydrogen-bond donors (Lipinski definition) is 1. The first kappa shape index (κ1) is 18.4. The zero-order valence-corrected chi connectivity index (χ0v) is 14.3. The third-order valence-electron chi connectivity index (χ3n) is 5.06. The van der Waals surface area contributed by atoms with E-state index < -0.39 is 12.6 Å². The summed E-state index contributed by atoms with van der Waals surface area (Å²) in [5.74, 6) is 0.525. The predicted octanol–water partition coefficient (Wildman–Crippen LogP) is 2.40. The highest BCUT2D eigenvalue weighted by atomic mass is 19.4. The third-order valence-corrected chi connectivity index (χ3v) is 5.06. The number of rotatable bonds is 4. The monoisotopic (exact) mass is 358 g/mol. The Balaban J connectivity index is 1.54. The summed E-state index contributed by atoms with van der Waals surface area (Å²) in [6.45, 7) is 3.36. The van der Waals surface area contributed by atoms with Crippen LogP contribution < -0.4 is 4.90 Å². The van der Waals surface area contributed by atoms with Crippen LogP contribution in [0.15, 0.2) is 12.3 Å². The molecule has 2 aliphatic rings. The van der Waals surface area contributed by atoms with Crippen molar-refractivity contribution in [1.29, 1.82) is 0 Å². The maximum atomic E-state index is 12.4. The predicted molar refractivity (Wildman–Crippen MR) is 88.5 cm³/mol. The Morgan fingerprint density at radius 1 is 1.16 bits per heavy atom. The summed E-state index contributed by atoms with van der Waals surface area (Å²) in [7, 11) is 0. The van der Waals surface area contributed by atoms with Gasteiger partial charge in [0.2, 0.25) is 5.95 Å². The molecule has 0 spiro atoms. The highest BCUT2D eigenvalue weighted by molar-refractivity contribution is 5.31. The van der Waals surface area contributed by atoms with Crippen LogP contribution in [0.5, 0.6) is 0 Å². The average Bonchev–Trinajstić information content (AvgIpc) is 2.60. The van der Waals surface area contributed by atoms with Gasteiger partial charge >= 0.3 is 6.18 Å². The van der Waals surface area contributed by atoms with E-state index in [1.165, 1.54) is 0 Å². The quantitative estimate of drug-likeness (QED) is 0.896. The molecule has 0 bridgehead atoms. The molecule has 8 heteroatoms. The Hall–Kier alpha value is -1.41. The van der Waals surface area contributed by atoms with Crippen molar-refractivity contribution in [1.82, 2.24) is 14.9 Å².